The van der Waals surface area contributed by atoms with Crippen molar-refractivity contribution in [2.75, 3.05) is 13.2 Å². The van der Waals surface area contributed by atoms with Crippen molar-refractivity contribution in [1.82, 2.24) is 0 Å². The molecule has 0 fully saturated rings. The van der Waals surface area contributed by atoms with Gasteiger partial charge in [-0.25, -0.2) is 19.6 Å². The molecule has 0 aromatic heterocycles. The van der Waals surface area contributed by atoms with E-state index in [1.807, 2.05) is 0 Å². The van der Waals surface area contributed by atoms with Gasteiger partial charge in [-0.1, -0.05) is 54.4 Å². The summed E-state index contributed by atoms with van der Waals surface area (Å²) in [6.45, 7) is 23.0. The third-order valence-corrected chi connectivity index (χ3v) is 5.08. The molecule has 170 valence electrons. The van der Waals surface area contributed by atoms with Crippen LogP contribution in [0.15, 0.2) is 0 Å². The minimum atomic E-state index is -0.344. The molecule has 0 aliphatic heterocycles. The second-order valence-corrected chi connectivity index (χ2v) is 10.9. The highest BCUT2D eigenvalue weighted by atomic mass is 17.2. The van der Waals surface area contributed by atoms with Crippen LogP contribution in [0.4, 0.5) is 0 Å². The van der Waals surface area contributed by atoms with E-state index in [1.54, 1.807) is 0 Å². The third-order valence-electron chi connectivity index (χ3n) is 5.08. The van der Waals surface area contributed by atoms with Gasteiger partial charge in [-0.3, -0.25) is 0 Å². The van der Waals surface area contributed by atoms with Gasteiger partial charge in [-0.05, 0) is 77.0 Å². The average molecular weight is 403 g/mol. The molecule has 0 saturated carbocycles. The molecule has 0 spiro atoms. The van der Waals surface area contributed by atoms with Crippen molar-refractivity contribution < 1.29 is 19.6 Å². The highest BCUT2D eigenvalue weighted by Crippen LogP contribution is 2.26. The lowest BCUT2D eigenvalue weighted by atomic mass is 9.94. The quantitative estimate of drug-likeness (QED) is 0.188. The predicted molar refractivity (Wildman–Crippen MR) is 118 cm³/mol. The largest absolute Gasteiger partial charge is 0.236 e. The summed E-state index contributed by atoms with van der Waals surface area (Å²) in [6.07, 6.45) is 6.49. The first-order valence-electron chi connectivity index (χ1n) is 11.4. The van der Waals surface area contributed by atoms with E-state index < -0.39 is 0 Å². The topological polar surface area (TPSA) is 36.9 Å². The molecule has 0 saturated heterocycles. The molecule has 4 nitrogen and oxygen atoms in total. The van der Waals surface area contributed by atoms with Gasteiger partial charge in [0.2, 0.25) is 0 Å². The molecule has 0 aromatic carbocycles. The molecule has 2 atom stereocenters. The van der Waals surface area contributed by atoms with Gasteiger partial charge in [0.15, 0.2) is 0 Å². The van der Waals surface area contributed by atoms with E-state index in [0.717, 1.165) is 24.7 Å². The fourth-order valence-electron chi connectivity index (χ4n) is 2.71. The molecule has 0 amide bonds. The Morgan fingerprint density at radius 2 is 0.857 bits per heavy atom. The third kappa shape index (κ3) is 16.8. The highest BCUT2D eigenvalue weighted by molar-refractivity contribution is 4.75. The lowest BCUT2D eigenvalue weighted by Gasteiger charge is -2.30. The van der Waals surface area contributed by atoms with E-state index in [9.17, 15) is 0 Å². The van der Waals surface area contributed by atoms with Crippen LogP contribution in [0.3, 0.4) is 0 Å². The zero-order chi connectivity index (χ0) is 21.8. The van der Waals surface area contributed by atoms with Crippen LogP contribution in [0.1, 0.15) is 108 Å². The molecule has 4 heteroatoms. The lowest BCUT2D eigenvalue weighted by molar-refractivity contribution is -0.373. The van der Waals surface area contributed by atoms with E-state index in [4.69, 9.17) is 19.6 Å². The second kappa shape index (κ2) is 14.0. The van der Waals surface area contributed by atoms with Gasteiger partial charge in [0.25, 0.3) is 0 Å². The van der Waals surface area contributed by atoms with Gasteiger partial charge < -0.3 is 0 Å². The Morgan fingerprint density at radius 1 is 0.536 bits per heavy atom. The zero-order valence-corrected chi connectivity index (χ0v) is 20.6. The Morgan fingerprint density at radius 3 is 1.14 bits per heavy atom. The van der Waals surface area contributed by atoms with E-state index in [-0.39, 0.29) is 11.2 Å². The molecular formula is C24H50O4. The van der Waals surface area contributed by atoms with Gasteiger partial charge in [-0.15, -0.1) is 0 Å². The van der Waals surface area contributed by atoms with Crippen molar-refractivity contribution >= 4 is 0 Å². The van der Waals surface area contributed by atoms with Crippen molar-refractivity contribution in [1.29, 1.82) is 0 Å². The van der Waals surface area contributed by atoms with Crippen molar-refractivity contribution in [2.45, 2.75) is 119 Å². The van der Waals surface area contributed by atoms with Crippen LogP contribution in [-0.2, 0) is 19.6 Å². The Hall–Kier alpha value is -0.160. The molecule has 0 aliphatic rings. The first-order valence-corrected chi connectivity index (χ1v) is 11.4. The standard InChI is InChI=1S/C24H50O4/c1-19(2)11-13-21(5)17-25-27-23(7,8)15-16-24(9,10)28-26-18-22(6)14-12-20(3)4/h19-22H,11-18H2,1-10H3. The van der Waals surface area contributed by atoms with Gasteiger partial charge in [0, 0.05) is 0 Å². The number of hydrogen-bond acceptors (Lipinski definition) is 4. The fourth-order valence-corrected chi connectivity index (χ4v) is 2.71. The van der Waals surface area contributed by atoms with Gasteiger partial charge in [0.1, 0.15) is 0 Å². The van der Waals surface area contributed by atoms with Crippen molar-refractivity contribution in [3.63, 3.8) is 0 Å². The summed E-state index contributed by atoms with van der Waals surface area (Å²) in [6, 6.07) is 0. The minimum absolute atomic E-state index is 0.344. The molecule has 0 N–H and O–H groups in total. The van der Waals surface area contributed by atoms with E-state index in [0.29, 0.717) is 25.0 Å². The fraction of sp³-hybridized carbons (Fsp3) is 1.00. The summed E-state index contributed by atoms with van der Waals surface area (Å²) < 4.78 is 0. The van der Waals surface area contributed by atoms with E-state index in [1.165, 1.54) is 25.7 Å². The maximum atomic E-state index is 5.70. The first-order chi connectivity index (χ1) is 12.8. The maximum absolute atomic E-state index is 5.70. The highest BCUT2D eigenvalue weighted by Gasteiger charge is 2.28. The summed E-state index contributed by atoms with van der Waals surface area (Å²) in [5.41, 5.74) is -0.689. The Balaban J connectivity index is 4.02. The summed E-state index contributed by atoms with van der Waals surface area (Å²) in [4.78, 5) is 22.5. The van der Waals surface area contributed by atoms with Gasteiger partial charge in [0.05, 0.1) is 24.4 Å². The van der Waals surface area contributed by atoms with Crippen LogP contribution in [-0.4, -0.2) is 24.4 Å². The smallest absolute Gasteiger partial charge is 0.0981 e. The zero-order valence-electron chi connectivity index (χ0n) is 20.6. The monoisotopic (exact) mass is 402 g/mol. The van der Waals surface area contributed by atoms with Crippen LogP contribution in [0.2, 0.25) is 0 Å². The van der Waals surface area contributed by atoms with E-state index >= 15 is 0 Å². The van der Waals surface area contributed by atoms with Crippen LogP contribution in [0, 0.1) is 23.7 Å². The summed E-state index contributed by atoms with van der Waals surface area (Å²) in [5, 5.41) is 0. The molecule has 0 heterocycles. The molecule has 0 aliphatic carbocycles. The maximum Gasteiger partial charge on any atom is 0.0981 e. The van der Waals surface area contributed by atoms with E-state index in [2.05, 4.69) is 69.2 Å². The molecule has 2 unspecified atom stereocenters. The minimum Gasteiger partial charge on any atom is -0.236 e. The Bertz CT molecular complexity index is 341. The average Bonchev–Trinajstić information content (AvgIpc) is 2.56. The molecule has 0 bridgehead atoms. The predicted octanol–water partition coefficient (Wildman–Crippen LogP) is 7.36. The normalized spacial score (nSPS) is 15.4. The summed E-state index contributed by atoms with van der Waals surface area (Å²) in [5.74, 6) is 2.51. The molecule has 0 radical (unpaired) electrons. The van der Waals surface area contributed by atoms with Crippen LogP contribution in [0.5, 0.6) is 0 Å². The van der Waals surface area contributed by atoms with Crippen LogP contribution < -0.4 is 0 Å². The summed E-state index contributed by atoms with van der Waals surface area (Å²) >= 11 is 0. The molecule has 0 aromatic rings. The summed E-state index contributed by atoms with van der Waals surface area (Å²) in [7, 11) is 0. The SMILES string of the molecule is CC(C)CCC(C)COOC(C)(C)CCC(C)(C)OOCC(C)CCC(C)C. The Labute approximate surface area is 175 Å². The van der Waals surface area contributed by atoms with Crippen LogP contribution >= 0.6 is 0 Å². The Kier molecular flexibility index (Phi) is 13.9. The number of rotatable bonds is 17. The molecular weight excluding hydrogens is 352 g/mol. The van der Waals surface area contributed by atoms with Crippen molar-refractivity contribution in [3.05, 3.63) is 0 Å². The molecule has 28 heavy (non-hydrogen) atoms. The lowest BCUT2D eigenvalue weighted by Crippen LogP contribution is -2.32. The van der Waals surface area contributed by atoms with Crippen molar-refractivity contribution in [3.8, 4) is 0 Å². The second-order valence-electron chi connectivity index (χ2n) is 10.9. The van der Waals surface area contributed by atoms with Gasteiger partial charge in [-0.2, -0.15) is 0 Å². The molecule has 0 rings (SSSR count). The van der Waals surface area contributed by atoms with Gasteiger partial charge >= 0.3 is 0 Å². The number of hydrogen-bond donors (Lipinski definition) is 0. The van der Waals surface area contributed by atoms with Crippen molar-refractivity contribution in [2.24, 2.45) is 23.7 Å². The van der Waals surface area contributed by atoms with Crippen LogP contribution in [0.25, 0.3) is 0 Å². The first kappa shape index (κ1) is 27.8.